The predicted octanol–water partition coefficient (Wildman–Crippen LogP) is 4.62. The number of aromatic nitrogens is 1. The van der Waals surface area contributed by atoms with Crippen LogP contribution < -0.4 is 11.1 Å². The molecule has 2 unspecified atom stereocenters. The number of methoxy groups -OCH3 is 1. The SMILES string of the molecule is COC1C=CC=C(CCC(=O)Nc2sc3c(c2N)CCC(OC(=O)OCc2cncs2)C3)C1. The lowest BCUT2D eigenvalue weighted by Gasteiger charge is -2.22. The smallest absolute Gasteiger partial charge is 0.431 e. The van der Waals surface area contributed by atoms with Crippen LogP contribution in [0.4, 0.5) is 15.5 Å². The number of carbonyl (C=O) groups is 2. The first kappa shape index (κ1) is 23.5. The van der Waals surface area contributed by atoms with Gasteiger partial charge in [0.1, 0.15) is 17.7 Å². The summed E-state index contributed by atoms with van der Waals surface area (Å²) < 4.78 is 16.0. The van der Waals surface area contributed by atoms with Gasteiger partial charge in [-0.15, -0.1) is 22.7 Å². The first-order chi connectivity index (χ1) is 16.0. The summed E-state index contributed by atoms with van der Waals surface area (Å²) >= 11 is 2.88. The van der Waals surface area contributed by atoms with Gasteiger partial charge in [-0.25, -0.2) is 4.79 Å². The van der Waals surface area contributed by atoms with Gasteiger partial charge in [0, 0.05) is 31.0 Å². The molecule has 3 N–H and O–H groups in total. The molecule has 2 atom stereocenters. The minimum atomic E-state index is -0.683. The number of nitrogens with zero attached hydrogens (tertiary/aromatic N) is 1. The van der Waals surface area contributed by atoms with E-state index in [1.54, 1.807) is 18.8 Å². The van der Waals surface area contributed by atoms with Crippen molar-refractivity contribution in [1.29, 1.82) is 0 Å². The molecule has 176 valence electrons. The van der Waals surface area contributed by atoms with E-state index < -0.39 is 6.16 Å². The Bertz CT molecular complexity index is 1040. The molecule has 2 aromatic heterocycles. The molecule has 2 aliphatic rings. The van der Waals surface area contributed by atoms with Gasteiger partial charge in [-0.3, -0.25) is 9.78 Å². The van der Waals surface area contributed by atoms with E-state index in [1.807, 2.05) is 18.2 Å². The lowest BCUT2D eigenvalue weighted by atomic mass is 9.95. The van der Waals surface area contributed by atoms with Crippen LogP contribution in [0.5, 0.6) is 0 Å². The maximum absolute atomic E-state index is 12.5. The van der Waals surface area contributed by atoms with Gasteiger partial charge in [0.2, 0.25) is 5.91 Å². The molecule has 0 radical (unpaired) electrons. The van der Waals surface area contributed by atoms with Crippen molar-refractivity contribution in [2.24, 2.45) is 0 Å². The number of nitrogens with one attached hydrogen (secondary N) is 1. The number of nitrogens with two attached hydrogens (primary N) is 1. The second-order valence-electron chi connectivity index (χ2n) is 7.97. The summed E-state index contributed by atoms with van der Waals surface area (Å²) in [5, 5.41) is 3.64. The van der Waals surface area contributed by atoms with Crippen molar-refractivity contribution >= 4 is 45.4 Å². The molecular formula is C23H27N3O5S2. The number of hydrogen-bond donors (Lipinski definition) is 2. The number of thiazole rings is 1. The number of anilines is 2. The molecule has 0 aromatic carbocycles. The summed E-state index contributed by atoms with van der Waals surface area (Å²) in [6, 6.07) is 0. The first-order valence-corrected chi connectivity index (χ1v) is 12.5. The van der Waals surface area contributed by atoms with Crippen molar-refractivity contribution in [2.45, 2.75) is 57.3 Å². The summed E-state index contributed by atoms with van der Waals surface area (Å²) in [6.07, 6.45) is 10.6. The normalized spacial score (nSPS) is 19.5. The van der Waals surface area contributed by atoms with Gasteiger partial charge in [0.25, 0.3) is 0 Å². The van der Waals surface area contributed by atoms with Crippen LogP contribution in [0.25, 0.3) is 0 Å². The van der Waals surface area contributed by atoms with Gasteiger partial charge < -0.3 is 25.3 Å². The Morgan fingerprint density at radius 3 is 3.00 bits per heavy atom. The number of ether oxygens (including phenoxy) is 3. The zero-order valence-electron chi connectivity index (χ0n) is 18.4. The van der Waals surface area contributed by atoms with E-state index in [2.05, 4.69) is 10.3 Å². The summed E-state index contributed by atoms with van der Waals surface area (Å²) in [5.41, 5.74) is 10.9. The third kappa shape index (κ3) is 6.21. The van der Waals surface area contributed by atoms with Crippen molar-refractivity contribution < 1.29 is 23.8 Å². The van der Waals surface area contributed by atoms with Crippen molar-refractivity contribution in [3.8, 4) is 0 Å². The molecular weight excluding hydrogens is 462 g/mol. The van der Waals surface area contributed by atoms with Gasteiger partial charge >= 0.3 is 6.16 Å². The molecule has 0 saturated heterocycles. The Morgan fingerprint density at radius 2 is 2.21 bits per heavy atom. The van der Waals surface area contributed by atoms with Gasteiger partial charge in [0.15, 0.2) is 0 Å². The van der Waals surface area contributed by atoms with Crippen molar-refractivity contribution in [1.82, 2.24) is 4.98 Å². The van der Waals surface area contributed by atoms with E-state index >= 15 is 0 Å². The second kappa shape index (κ2) is 11.0. The van der Waals surface area contributed by atoms with Crippen LogP contribution in [0, 0.1) is 0 Å². The highest BCUT2D eigenvalue weighted by Gasteiger charge is 2.28. The number of thiophene rings is 1. The molecule has 0 saturated carbocycles. The van der Waals surface area contributed by atoms with E-state index in [4.69, 9.17) is 19.9 Å². The molecule has 8 nitrogen and oxygen atoms in total. The number of allylic oxidation sites excluding steroid dienone is 2. The third-order valence-electron chi connectivity index (χ3n) is 5.69. The average Bonchev–Trinajstić information content (AvgIpc) is 3.44. The number of nitrogen functional groups attached to an aromatic ring is 1. The molecule has 2 aromatic rings. The topological polar surface area (TPSA) is 113 Å². The second-order valence-corrected chi connectivity index (χ2v) is 10.0. The van der Waals surface area contributed by atoms with E-state index in [9.17, 15) is 9.59 Å². The minimum absolute atomic E-state index is 0.0656. The fourth-order valence-corrected chi connectivity index (χ4v) is 5.66. The van der Waals surface area contributed by atoms with Crippen LogP contribution in [0.15, 0.2) is 35.5 Å². The number of fused-ring (bicyclic) bond motifs is 1. The predicted molar refractivity (Wildman–Crippen MR) is 128 cm³/mol. The van der Waals surface area contributed by atoms with Crippen LogP contribution in [0.1, 0.15) is 41.0 Å². The number of carbonyl (C=O) groups excluding carboxylic acids is 2. The zero-order valence-corrected chi connectivity index (χ0v) is 20.0. The number of rotatable bonds is 8. The summed E-state index contributed by atoms with van der Waals surface area (Å²) in [6.45, 7) is 0.156. The lowest BCUT2D eigenvalue weighted by Crippen LogP contribution is -2.25. The minimum Gasteiger partial charge on any atom is -0.431 e. The van der Waals surface area contributed by atoms with Gasteiger partial charge in [0.05, 0.1) is 22.2 Å². The van der Waals surface area contributed by atoms with Crippen LogP contribution in [0.2, 0.25) is 0 Å². The highest BCUT2D eigenvalue weighted by Crippen LogP contribution is 2.41. The zero-order chi connectivity index (χ0) is 23.2. The van der Waals surface area contributed by atoms with Crippen LogP contribution >= 0.6 is 22.7 Å². The quantitative estimate of drug-likeness (QED) is 0.520. The highest BCUT2D eigenvalue weighted by atomic mass is 32.1. The fraction of sp³-hybridized carbons (Fsp3) is 0.435. The molecule has 2 heterocycles. The Labute approximate surface area is 200 Å². The van der Waals surface area contributed by atoms with Crippen LogP contribution in [0.3, 0.4) is 0 Å². The van der Waals surface area contributed by atoms with E-state index in [0.29, 0.717) is 42.8 Å². The Kier molecular flexibility index (Phi) is 7.79. The van der Waals surface area contributed by atoms with Crippen LogP contribution in [-0.4, -0.2) is 36.4 Å². The standard InChI is InChI=1S/C23H27N3O5S2/c1-29-15-4-2-3-14(9-15)5-8-20(27)26-22-21(24)18-7-6-16(10-19(18)33-22)31-23(28)30-12-17-11-25-13-32-17/h2-4,11,13,15-16H,5-10,12,24H2,1H3,(H,26,27). The fourth-order valence-electron chi connectivity index (χ4n) is 3.91. The molecule has 0 fully saturated rings. The molecule has 4 rings (SSSR count). The summed E-state index contributed by atoms with van der Waals surface area (Å²) in [4.78, 5) is 30.4. The Morgan fingerprint density at radius 1 is 1.33 bits per heavy atom. The maximum atomic E-state index is 12.5. The third-order valence-corrected chi connectivity index (χ3v) is 7.63. The van der Waals surface area contributed by atoms with Gasteiger partial charge in [-0.2, -0.15) is 0 Å². The molecule has 10 heteroatoms. The number of hydrogen-bond acceptors (Lipinski definition) is 9. The number of amides is 1. The Hall–Kier alpha value is -2.69. The molecule has 0 aliphatic heterocycles. The molecule has 2 aliphatic carbocycles. The van der Waals surface area contributed by atoms with Crippen molar-refractivity contribution in [3.05, 3.63) is 50.8 Å². The van der Waals surface area contributed by atoms with E-state index in [1.165, 1.54) is 28.2 Å². The van der Waals surface area contributed by atoms with E-state index in [0.717, 1.165) is 21.7 Å². The average molecular weight is 490 g/mol. The Balaban J connectivity index is 1.27. The largest absolute Gasteiger partial charge is 0.508 e. The van der Waals surface area contributed by atoms with Crippen LogP contribution in [-0.2, 0) is 38.5 Å². The summed E-state index contributed by atoms with van der Waals surface area (Å²) in [7, 11) is 1.69. The van der Waals surface area contributed by atoms with Gasteiger partial charge in [-0.1, -0.05) is 23.8 Å². The lowest BCUT2D eigenvalue weighted by molar-refractivity contribution is -0.116. The maximum Gasteiger partial charge on any atom is 0.508 e. The molecule has 1 amide bonds. The summed E-state index contributed by atoms with van der Waals surface area (Å²) in [5.74, 6) is -0.0656. The van der Waals surface area contributed by atoms with Crippen molar-refractivity contribution in [2.75, 3.05) is 18.2 Å². The monoisotopic (exact) mass is 489 g/mol. The molecule has 33 heavy (non-hydrogen) atoms. The first-order valence-electron chi connectivity index (χ1n) is 10.8. The van der Waals surface area contributed by atoms with Crippen molar-refractivity contribution in [3.63, 3.8) is 0 Å². The van der Waals surface area contributed by atoms with E-state index in [-0.39, 0.29) is 24.7 Å². The molecule has 0 spiro atoms. The van der Waals surface area contributed by atoms with Gasteiger partial charge in [-0.05, 0) is 31.2 Å². The highest BCUT2D eigenvalue weighted by molar-refractivity contribution is 7.17. The molecule has 0 bridgehead atoms.